The number of hydrogen-bond donors (Lipinski definition) is 3. The average Bonchev–Trinajstić information content (AvgIpc) is 3.27. The monoisotopic (exact) mass is 608 g/mol. The Balaban J connectivity index is 2.21. The van der Waals surface area contributed by atoms with Gasteiger partial charge in [0.05, 0.1) is 12.6 Å². The molecular weight excluding hydrogens is 564 g/mol. The highest BCUT2D eigenvalue weighted by atomic mass is 16.6. The van der Waals surface area contributed by atoms with Crippen molar-refractivity contribution in [1.82, 2.24) is 15.1 Å². The summed E-state index contributed by atoms with van der Waals surface area (Å²) in [5, 5.41) is 22.5. The van der Waals surface area contributed by atoms with E-state index < -0.39 is 53.2 Å². The third kappa shape index (κ3) is 12.0. The lowest BCUT2D eigenvalue weighted by atomic mass is 10.1. The Bertz CT molecular complexity index is 1180. The Labute approximate surface area is 251 Å². The van der Waals surface area contributed by atoms with E-state index in [0.29, 0.717) is 11.3 Å². The number of carbonyl (C=O) groups excluding carboxylic acids is 3. The lowest BCUT2D eigenvalue weighted by Gasteiger charge is -2.29. The number of benzene rings is 1. The number of amides is 3. The van der Waals surface area contributed by atoms with Gasteiger partial charge in [-0.3, -0.25) is 0 Å². The Kier molecular flexibility index (Phi) is 11.4. The predicted octanol–water partition coefficient (Wildman–Crippen LogP) is 3.92. The molecule has 3 amide bonds. The van der Waals surface area contributed by atoms with E-state index in [1.165, 1.54) is 0 Å². The third-order valence-corrected chi connectivity index (χ3v) is 5.31. The van der Waals surface area contributed by atoms with Crippen LogP contribution in [0.1, 0.15) is 73.9 Å². The fourth-order valence-corrected chi connectivity index (χ4v) is 3.64. The van der Waals surface area contributed by atoms with Crippen LogP contribution in [0, 0.1) is 0 Å². The standard InChI is InChI=1S/C29H44N4O10/c1-27(2,3)41-22(35)21(34)17-40-19-12-10-18(11-13-19)20-16-33(25(37)38)23(31-20)32(26(39)43-29(7,8)9)15-14-30-24(36)42-28(4,5)6/h10-13,20-21,34H,14-17H2,1-9H3,(H,30,36)(H,37,38)/t20-,21-/m1/s1. The van der Waals surface area contributed by atoms with Gasteiger partial charge in [-0.25, -0.2) is 34.0 Å². The molecule has 0 saturated carbocycles. The molecule has 1 aromatic carbocycles. The summed E-state index contributed by atoms with van der Waals surface area (Å²) in [4.78, 5) is 55.9. The maximum atomic E-state index is 13.1. The molecule has 2 atom stereocenters. The number of nitrogens with zero attached hydrogens (tertiary/aromatic N) is 3. The summed E-state index contributed by atoms with van der Waals surface area (Å²) >= 11 is 0. The van der Waals surface area contributed by atoms with Crippen molar-refractivity contribution in [3.63, 3.8) is 0 Å². The summed E-state index contributed by atoms with van der Waals surface area (Å²) < 4.78 is 21.4. The second-order valence-electron chi connectivity index (χ2n) is 12.8. The summed E-state index contributed by atoms with van der Waals surface area (Å²) in [6.45, 7) is 14.6. The minimum atomic E-state index is -1.48. The predicted molar refractivity (Wildman–Crippen MR) is 156 cm³/mol. The first-order valence-corrected chi connectivity index (χ1v) is 13.8. The molecule has 1 aliphatic rings. The summed E-state index contributed by atoms with van der Waals surface area (Å²) in [5.74, 6) is -0.604. The van der Waals surface area contributed by atoms with Crippen LogP contribution in [0.15, 0.2) is 29.3 Å². The molecule has 0 radical (unpaired) electrons. The van der Waals surface area contributed by atoms with Crippen LogP contribution in [0.25, 0.3) is 0 Å². The second-order valence-corrected chi connectivity index (χ2v) is 12.8. The summed E-state index contributed by atoms with van der Waals surface area (Å²) in [5.41, 5.74) is -1.74. The Morgan fingerprint density at radius 2 is 1.51 bits per heavy atom. The van der Waals surface area contributed by atoms with Gasteiger partial charge in [0, 0.05) is 13.1 Å². The van der Waals surface area contributed by atoms with Crippen molar-refractivity contribution in [2.24, 2.45) is 4.99 Å². The van der Waals surface area contributed by atoms with Gasteiger partial charge in [-0.15, -0.1) is 0 Å². The van der Waals surface area contributed by atoms with Gasteiger partial charge >= 0.3 is 24.2 Å². The summed E-state index contributed by atoms with van der Waals surface area (Å²) in [6, 6.07) is 5.83. The molecule has 0 fully saturated rings. The lowest BCUT2D eigenvalue weighted by molar-refractivity contribution is -0.166. The van der Waals surface area contributed by atoms with Crippen molar-refractivity contribution in [1.29, 1.82) is 0 Å². The molecule has 1 heterocycles. The maximum Gasteiger partial charge on any atom is 0.417 e. The number of alkyl carbamates (subject to hydrolysis) is 1. The second kappa shape index (κ2) is 13.9. The van der Waals surface area contributed by atoms with Gasteiger partial charge in [0.25, 0.3) is 0 Å². The average molecular weight is 609 g/mol. The number of guanidine groups is 1. The van der Waals surface area contributed by atoms with Crippen LogP contribution < -0.4 is 10.1 Å². The van der Waals surface area contributed by atoms with E-state index in [4.69, 9.17) is 18.9 Å². The molecule has 0 aromatic heterocycles. The minimum Gasteiger partial charge on any atom is -0.490 e. The van der Waals surface area contributed by atoms with Gasteiger partial charge in [0.2, 0.25) is 5.96 Å². The number of ether oxygens (including phenoxy) is 4. The number of carboxylic acid groups (broad SMARTS) is 1. The zero-order valence-corrected chi connectivity index (χ0v) is 26.3. The molecule has 0 unspecified atom stereocenters. The van der Waals surface area contributed by atoms with Crippen LogP contribution in [-0.2, 0) is 19.0 Å². The first-order chi connectivity index (χ1) is 19.6. The number of aliphatic hydroxyl groups excluding tert-OH is 1. The van der Waals surface area contributed by atoms with Crippen molar-refractivity contribution >= 4 is 30.2 Å². The molecule has 1 aliphatic heterocycles. The zero-order chi connectivity index (χ0) is 32.8. The van der Waals surface area contributed by atoms with Gasteiger partial charge in [-0.05, 0) is 80.0 Å². The highest BCUT2D eigenvalue weighted by molar-refractivity contribution is 6.02. The van der Waals surface area contributed by atoms with Gasteiger partial charge in [-0.1, -0.05) is 12.1 Å². The molecule has 43 heavy (non-hydrogen) atoms. The molecule has 3 N–H and O–H groups in total. The fraction of sp³-hybridized carbons (Fsp3) is 0.621. The lowest BCUT2D eigenvalue weighted by Crippen LogP contribution is -2.51. The van der Waals surface area contributed by atoms with E-state index in [-0.39, 0.29) is 32.2 Å². The first-order valence-electron chi connectivity index (χ1n) is 13.8. The van der Waals surface area contributed by atoms with Gasteiger partial charge in [0.1, 0.15) is 29.2 Å². The highest BCUT2D eigenvalue weighted by Crippen LogP contribution is 2.28. The molecule has 0 spiro atoms. The molecule has 0 aliphatic carbocycles. The molecule has 240 valence electrons. The van der Waals surface area contributed by atoms with E-state index >= 15 is 0 Å². The van der Waals surface area contributed by atoms with Crippen LogP contribution >= 0.6 is 0 Å². The van der Waals surface area contributed by atoms with Gasteiger partial charge in [-0.2, -0.15) is 0 Å². The van der Waals surface area contributed by atoms with Crippen molar-refractivity contribution in [3.05, 3.63) is 29.8 Å². The van der Waals surface area contributed by atoms with Crippen LogP contribution in [0.5, 0.6) is 5.75 Å². The van der Waals surface area contributed by atoms with Crippen molar-refractivity contribution in [2.45, 2.75) is 91.3 Å². The molecule has 0 bridgehead atoms. The summed E-state index contributed by atoms with van der Waals surface area (Å²) in [7, 11) is 0. The number of aliphatic hydroxyl groups is 1. The van der Waals surface area contributed by atoms with E-state index in [1.54, 1.807) is 86.6 Å². The van der Waals surface area contributed by atoms with Crippen molar-refractivity contribution in [2.75, 3.05) is 26.2 Å². The highest BCUT2D eigenvalue weighted by Gasteiger charge is 2.38. The van der Waals surface area contributed by atoms with E-state index in [0.717, 1.165) is 9.80 Å². The Morgan fingerprint density at radius 3 is 2.02 bits per heavy atom. The number of carbonyl (C=O) groups is 4. The van der Waals surface area contributed by atoms with E-state index in [9.17, 15) is 29.4 Å². The van der Waals surface area contributed by atoms with Crippen molar-refractivity contribution in [3.8, 4) is 5.75 Å². The van der Waals surface area contributed by atoms with Crippen LogP contribution in [-0.4, -0.2) is 99.4 Å². The van der Waals surface area contributed by atoms with Crippen LogP contribution in [0.4, 0.5) is 14.4 Å². The number of rotatable bonds is 8. The molecular formula is C29H44N4O10. The Morgan fingerprint density at radius 1 is 0.953 bits per heavy atom. The smallest absolute Gasteiger partial charge is 0.417 e. The van der Waals surface area contributed by atoms with Gasteiger partial charge in [0.15, 0.2) is 6.10 Å². The molecule has 1 aromatic rings. The van der Waals surface area contributed by atoms with E-state index in [1.807, 2.05) is 0 Å². The SMILES string of the molecule is CC(C)(C)OC(=O)NCCN(C(=O)OC(C)(C)C)C1=N[C@@H](c2ccc(OC[C@@H](O)C(=O)OC(C)(C)C)cc2)CN1C(=O)O. The Hall–Kier alpha value is -4.07. The van der Waals surface area contributed by atoms with Crippen molar-refractivity contribution < 1.29 is 48.3 Å². The first kappa shape index (κ1) is 35.1. The topological polar surface area (TPSA) is 177 Å². The number of nitrogens with one attached hydrogen (secondary N) is 1. The molecule has 0 saturated heterocycles. The van der Waals surface area contributed by atoms with Gasteiger partial charge < -0.3 is 34.5 Å². The molecule has 2 rings (SSSR count). The zero-order valence-electron chi connectivity index (χ0n) is 26.3. The van der Waals surface area contributed by atoms with Crippen LogP contribution in [0.2, 0.25) is 0 Å². The number of esters is 1. The largest absolute Gasteiger partial charge is 0.490 e. The number of aliphatic imine (C=N–C) groups is 1. The number of hydrogen-bond acceptors (Lipinski definition) is 10. The molecule has 14 heteroatoms. The minimum absolute atomic E-state index is 0.0630. The summed E-state index contributed by atoms with van der Waals surface area (Å²) in [6.07, 6.45) is -4.34. The van der Waals surface area contributed by atoms with E-state index in [2.05, 4.69) is 10.3 Å². The fourth-order valence-electron chi connectivity index (χ4n) is 3.64. The van der Waals surface area contributed by atoms with Crippen LogP contribution in [0.3, 0.4) is 0 Å². The third-order valence-electron chi connectivity index (χ3n) is 5.31. The maximum absolute atomic E-state index is 13.1. The quantitative estimate of drug-likeness (QED) is 0.290. The normalized spacial score (nSPS) is 16.1. The molecule has 14 nitrogen and oxygen atoms in total.